The molecule has 0 heterocycles. The lowest BCUT2D eigenvalue weighted by Crippen LogP contribution is -2.40. The van der Waals surface area contributed by atoms with Crippen LogP contribution in [0.4, 0.5) is 5.69 Å². The molecule has 3 N–H and O–H groups in total. The fraction of sp³-hybridized carbons (Fsp3) is 0.533. The molecule has 5 heteroatoms. The summed E-state index contributed by atoms with van der Waals surface area (Å²) >= 11 is 0. The van der Waals surface area contributed by atoms with Crippen molar-refractivity contribution < 1.29 is 14.6 Å². The van der Waals surface area contributed by atoms with E-state index in [1.54, 1.807) is 26.2 Å². The van der Waals surface area contributed by atoms with E-state index in [1.165, 1.54) is 0 Å². The van der Waals surface area contributed by atoms with Crippen molar-refractivity contribution in [3.8, 4) is 5.75 Å². The zero-order chi connectivity index (χ0) is 15.0. The summed E-state index contributed by atoms with van der Waals surface area (Å²) in [5.74, 6) is 0.548. The minimum absolute atomic E-state index is 0.148. The van der Waals surface area contributed by atoms with Crippen molar-refractivity contribution in [2.75, 3.05) is 25.5 Å². The van der Waals surface area contributed by atoms with Gasteiger partial charge in [-0.2, -0.15) is 0 Å². The molecule has 1 aromatic rings. The van der Waals surface area contributed by atoms with Gasteiger partial charge in [-0.15, -0.1) is 0 Å². The van der Waals surface area contributed by atoms with Gasteiger partial charge in [0, 0.05) is 18.3 Å². The third-order valence-corrected chi connectivity index (χ3v) is 2.93. The predicted molar refractivity (Wildman–Crippen MR) is 80.0 cm³/mol. The highest BCUT2D eigenvalue weighted by Gasteiger charge is 2.18. The van der Waals surface area contributed by atoms with Gasteiger partial charge in [-0.1, -0.05) is 19.4 Å². The van der Waals surface area contributed by atoms with E-state index in [0.29, 0.717) is 24.4 Å². The van der Waals surface area contributed by atoms with Crippen molar-refractivity contribution in [1.29, 1.82) is 0 Å². The van der Waals surface area contributed by atoms with Crippen LogP contribution >= 0.6 is 0 Å². The Morgan fingerprint density at radius 2 is 2.20 bits per heavy atom. The maximum atomic E-state index is 11.8. The van der Waals surface area contributed by atoms with Crippen LogP contribution in [-0.2, 0) is 4.79 Å². The average Bonchev–Trinajstić information content (AvgIpc) is 2.38. The van der Waals surface area contributed by atoms with E-state index in [-0.39, 0.29) is 12.5 Å². The standard InChI is InChI=1S/C15H24N2O3/c1-4-8-15(2,19)11-16-10-14(18)17-12-6-5-7-13(9-12)20-3/h5-7,9,16,19H,4,8,10-11H2,1-3H3,(H,17,18). The molecule has 0 fully saturated rings. The predicted octanol–water partition coefficient (Wildman–Crippen LogP) is 1.77. The lowest BCUT2D eigenvalue weighted by Gasteiger charge is -2.22. The zero-order valence-corrected chi connectivity index (χ0v) is 12.4. The maximum Gasteiger partial charge on any atom is 0.238 e. The Bertz CT molecular complexity index is 433. The first-order valence-corrected chi connectivity index (χ1v) is 6.84. The van der Waals surface area contributed by atoms with E-state index in [4.69, 9.17) is 4.74 Å². The van der Waals surface area contributed by atoms with Crippen molar-refractivity contribution in [2.24, 2.45) is 0 Å². The molecule has 1 atom stereocenters. The Balaban J connectivity index is 2.36. The van der Waals surface area contributed by atoms with E-state index in [0.717, 1.165) is 6.42 Å². The lowest BCUT2D eigenvalue weighted by molar-refractivity contribution is -0.115. The van der Waals surface area contributed by atoms with Crippen LogP contribution in [0, 0.1) is 0 Å². The molecule has 0 saturated carbocycles. The van der Waals surface area contributed by atoms with Crippen LogP contribution in [0.5, 0.6) is 5.75 Å². The molecule has 1 unspecified atom stereocenters. The molecule has 0 saturated heterocycles. The monoisotopic (exact) mass is 280 g/mol. The number of anilines is 1. The molecular weight excluding hydrogens is 256 g/mol. The van der Waals surface area contributed by atoms with Crippen LogP contribution in [0.25, 0.3) is 0 Å². The molecule has 0 radical (unpaired) electrons. The number of aliphatic hydroxyl groups is 1. The molecule has 0 aliphatic carbocycles. The second-order valence-corrected chi connectivity index (χ2v) is 5.13. The second kappa shape index (κ2) is 7.87. The molecule has 5 nitrogen and oxygen atoms in total. The molecule has 0 aliphatic heterocycles. The normalized spacial score (nSPS) is 13.6. The van der Waals surface area contributed by atoms with Gasteiger partial charge in [0.2, 0.25) is 5.91 Å². The largest absolute Gasteiger partial charge is 0.497 e. The highest BCUT2D eigenvalue weighted by atomic mass is 16.5. The third-order valence-electron chi connectivity index (χ3n) is 2.93. The number of nitrogens with one attached hydrogen (secondary N) is 2. The van der Waals surface area contributed by atoms with E-state index < -0.39 is 5.60 Å². The molecule has 1 rings (SSSR count). The van der Waals surface area contributed by atoms with Gasteiger partial charge in [-0.3, -0.25) is 4.79 Å². The van der Waals surface area contributed by atoms with Gasteiger partial charge in [0.15, 0.2) is 0 Å². The number of hydrogen-bond acceptors (Lipinski definition) is 4. The van der Waals surface area contributed by atoms with Gasteiger partial charge in [-0.25, -0.2) is 0 Å². The SMILES string of the molecule is CCCC(C)(O)CNCC(=O)Nc1cccc(OC)c1. The van der Waals surface area contributed by atoms with Crippen LogP contribution in [0.2, 0.25) is 0 Å². The Morgan fingerprint density at radius 1 is 1.45 bits per heavy atom. The Labute approximate surface area is 120 Å². The molecule has 0 bridgehead atoms. The summed E-state index contributed by atoms with van der Waals surface area (Å²) < 4.78 is 5.09. The summed E-state index contributed by atoms with van der Waals surface area (Å²) in [6.45, 7) is 4.34. The smallest absolute Gasteiger partial charge is 0.238 e. The van der Waals surface area contributed by atoms with Crippen LogP contribution in [0.1, 0.15) is 26.7 Å². The third kappa shape index (κ3) is 6.04. The highest BCUT2D eigenvalue weighted by molar-refractivity contribution is 5.92. The highest BCUT2D eigenvalue weighted by Crippen LogP contribution is 2.16. The van der Waals surface area contributed by atoms with Gasteiger partial charge >= 0.3 is 0 Å². The average molecular weight is 280 g/mol. The van der Waals surface area contributed by atoms with Crippen LogP contribution < -0.4 is 15.4 Å². The summed E-state index contributed by atoms with van der Waals surface area (Å²) in [7, 11) is 1.58. The number of amides is 1. The summed E-state index contributed by atoms with van der Waals surface area (Å²) in [4.78, 5) is 11.8. The molecule has 112 valence electrons. The number of methoxy groups -OCH3 is 1. The van der Waals surface area contributed by atoms with Crippen molar-refractivity contribution in [3.63, 3.8) is 0 Å². The van der Waals surface area contributed by atoms with Crippen LogP contribution in [0.15, 0.2) is 24.3 Å². The number of carbonyl (C=O) groups excluding carboxylic acids is 1. The molecule has 1 aromatic carbocycles. The number of benzene rings is 1. The summed E-state index contributed by atoms with van der Waals surface area (Å²) in [5, 5.41) is 15.7. The number of hydrogen-bond donors (Lipinski definition) is 3. The molecule has 0 aliphatic rings. The van der Waals surface area contributed by atoms with Gasteiger partial charge in [0.1, 0.15) is 5.75 Å². The number of carbonyl (C=O) groups is 1. The van der Waals surface area contributed by atoms with E-state index >= 15 is 0 Å². The summed E-state index contributed by atoms with van der Waals surface area (Å²) in [6.07, 6.45) is 1.61. The first-order chi connectivity index (χ1) is 9.46. The fourth-order valence-electron chi connectivity index (χ4n) is 1.98. The summed E-state index contributed by atoms with van der Waals surface area (Å²) in [6, 6.07) is 7.18. The van der Waals surface area contributed by atoms with Crippen molar-refractivity contribution >= 4 is 11.6 Å². The Hall–Kier alpha value is -1.59. The van der Waals surface area contributed by atoms with Gasteiger partial charge in [0.05, 0.1) is 19.3 Å². The molecule has 1 amide bonds. The first-order valence-electron chi connectivity index (χ1n) is 6.84. The topological polar surface area (TPSA) is 70.6 Å². The van der Waals surface area contributed by atoms with Crippen LogP contribution in [0.3, 0.4) is 0 Å². The fourth-order valence-corrected chi connectivity index (χ4v) is 1.98. The van der Waals surface area contributed by atoms with Gasteiger partial charge < -0.3 is 20.5 Å². The van der Waals surface area contributed by atoms with E-state index in [9.17, 15) is 9.90 Å². The molecule has 0 aromatic heterocycles. The lowest BCUT2D eigenvalue weighted by atomic mass is 10.0. The minimum Gasteiger partial charge on any atom is -0.497 e. The summed E-state index contributed by atoms with van der Waals surface area (Å²) in [5.41, 5.74) is -0.0816. The van der Waals surface area contributed by atoms with Crippen molar-refractivity contribution in [1.82, 2.24) is 5.32 Å². The van der Waals surface area contributed by atoms with Gasteiger partial charge in [-0.05, 0) is 25.5 Å². The van der Waals surface area contributed by atoms with E-state index in [1.807, 2.05) is 19.1 Å². The number of ether oxygens (including phenoxy) is 1. The molecule has 0 spiro atoms. The second-order valence-electron chi connectivity index (χ2n) is 5.13. The van der Waals surface area contributed by atoms with Crippen LogP contribution in [-0.4, -0.2) is 36.8 Å². The zero-order valence-electron chi connectivity index (χ0n) is 12.4. The van der Waals surface area contributed by atoms with Crippen molar-refractivity contribution in [3.05, 3.63) is 24.3 Å². The molecule has 20 heavy (non-hydrogen) atoms. The van der Waals surface area contributed by atoms with E-state index in [2.05, 4.69) is 10.6 Å². The maximum absolute atomic E-state index is 11.8. The molecular formula is C15H24N2O3. The quantitative estimate of drug-likeness (QED) is 0.679. The number of rotatable bonds is 8. The minimum atomic E-state index is -0.773. The Kier molecular flexibility index (Phi) is 6.48. The van der Waals surface area contributed by atoms with Gasteiger partial charge in [0.25, 0.3) is 0 Å². The van der Waals surface area contributed by atoms with Crippen molar-refractivity contribution in [2.45, 2.75) is 32.3 Å². The first kappa shape index (κ1) is 16.5. The Morgan fingerprint density at radius 3 is 2.85 bits per heavy atom.